The molecule has 3 N–H and O–H groups in total. The second-order valence-corrected chi connectivity index (χ2v) is 5.26. The van der Waals surface area contributed by atoms with E-state index in [2.05, 4.69) is 0 Å². The lowest BCUT2D eigenvalue weighted by molar-refractivity contribution is 0.131. The molecule has 0 aliphatic carbocycles. The van der Waals surface area contributed by atoms with Crippen molar-refractivity contribution in [1.82, 2.24) is 0 Å². The van der Waals surface area contributed by atoms with Crippen molar-refractivity contribution in [3.8, 4) is 11.5 Å². The Bertz CT molecular complexity index is 612. The molecule has 110 valence electrons. The number of para-hydroxylation sites is 1. The molecular formula is C17H19NO3. The van der Waals surface area contributed by atoms with Crippen LogP contribution in [-0.2, 0) is 0 Å². The summed E-state index contributed by atoms with van der Waals surface area (Å²) in [4.78, 5) is 0. The van der Waals surface area contributed by atoms with Crippen LogP contribution in [-0.4, -0.2) is 18.3 Å². The second kappa shape index (κ2) is 5.76. The minimum Gasteiger partial charge on any atom is -0.497 e. The molecule has 2 aromatic rings. The first-order chi connectivity index (χ1) is 10.2. The molecule has 0 saturated carbocycles. The number of hydrogen-bond donors (Lipinski definition) is 2. The van der Waals surface area contributed by atoms with Crippen molar-refractivity contribution in [2.45, 2.75) is 24.7 Å². The lowest BCUT2D eigenvalue weighted by atomic mass is 9.97. The Labute approximate surface area is 124 Å². The zero-order valence-electron chi connectivity index (χ0n) is 11.9. The average molecular weight is 285 g/mol. The van der Waals surface area contributed by atoms with E-state index >= 15 is 0 Å². The molecule has 2 aromatic carbocycles. The Hall–Kier alpha value is -2.04. The highest BCUT2D eigenvalue weighted by atomic mass is 16.5. The van der Waals surface area contributed by atoms with Crippen molar-refractivity contribution in [1.29, 1.82) is 0 Å². The third-order valence-corrected chi connectivity index (χ3v) is 3.89. The molecule has 4 heteroatoms. The summed E-state index contributed by atoms with van der Waals surface area (Å²) in [7, 11) is 1.64. The summed E-state index contributed by atoms with van der Waals surface area (Å²) in [5, 5.41) is 10.3. The molecule has 1 heterocycles. The van der Waals surface area contributed by atoms with Gasteiger partial charge in [-0.1, -0.05) is 30.3 Å². The first-order valence-electron chi connectivity index (χ1n) is 7.02. The highest BCUT2D eigenvalue weighted by molar-refractivity contribution is 5.38. The van der Waals surface area contributed by atoms with Gasteiger partial charge in [0.2, 0.25) is 0 Å². The lowest BCUT2D eigenvalue weighted by Gasteiger charge is -2.20. The van der Waals surface area contributed by atoms with E-state index in [1.54, 1.807) is 7.11 Å². The van der Waals surface area contributed by atoms with E-state index in [0.29, 0.717) is 12.2 Å². The zero-order valence-corrected chi connectivity index (χ0v) is 11.9. The molecule has 3 rings (SSSR count). The van der Waals surface area contributed by atoms with Crippen molar-refractivity contribution in [3.05, 3.63) is 59.7 Å². The first kappa shape index (κ1) is 13.9. The summed E-state index contributed by atoms with van der Waals surface area (Å²) in [5.74, 6) is 1.50. The minimum absolute atomic E-state index is 0.177. The second-order valence-electron chi connectivity index (χ2n) is 5.26. The number of benzene rings is 2. The molecule has 4 nitrogen and oxygen atoms in total. The quantitative estimate of drug-likeness (QED) is 0.890. The van der Waals surface area contributed by atoms with E-state index in [0.717, 1.165) is 16.9 Å². The fourth-order valence-corrected chi connectivity index (χ4v) is 2.66. The number of ether oxygens (including phenoxy) is 2. The number of hydrogen-bond acceptors (Lipinski definition) is 4. The monoisotopic (exact) mass is 285 g/mol. The van der Waals surface area contributed by atoms with Crippen molar-refractivity contribution in [3.63, 3.8) is 0 Å². The van der Waals surface area contributed by atoms with Crippen LogP contribution in [0.15, 0.2) is 48.5 Å². The predicted octanol–water partition coefficient (Wildman–Crippen LogP) is 2.58. The number of aliphatic hydroxyl groups excluding tert-OH is 1. The van der Waals surface area contributed by atoms with Crippen molar-refractivity contribution in [2.75, 3.05) is 7.11 Å². The van der Waals surface area contributed by atoms with E-state index in [1.807, 2.05) is 48.5 Å². The largest absolute Gasteiger partial charge is 0.497 e. The molecular weight excluding hydrogens is 266 g/mol. The summed E-state index contributed by atoms with van der Waals surface area (Å²) < 4.78 is 11.2. The van der Waals surface area contributed by atoms with Crippen LogP contribution >= 0.6 is 0 Å². The van der Waals surface area contributed by atoms with Gasteiger partial charge in [0.1, 0.15) is 17.6 Å². The van der Waals surface area contributed by atoms with E-state index in [9.17, 15) is 5.11 Å². The number of fused-ring (bicyclic) bond motifs is 1. The molecule has 1 aliphatic rings. The van der Waals surface area contributed by atoms with Gasteiger partial charge < -0.3 is 20.3 Å². The first-order valence-corrected chi connectivity index (χ1v) is 7.02. The van der Waals surface area contributed by atoms with Gasteiger partial charge in [0.15, 0.2) is 0 Å². The summed E-state index contributed by atoms with van der Waals surface area (Å²) in [6, 6.07) is 14.9. The van der Waals surface area contributed by atoms with E-state index in [-0.39, 0.29) is 12.1 Å². The Morgan fingerprint density at radius 2 is 1.86 bits per heavy atom. The maximum atomic E-state index is 10.3. The van der Waals surface area contributed by atoms with Crippen LogP contribution < -0.4 is 15.2 Å². The van der Waals surface area contributed by atoms with Gasteiger partial charge in [-0.3, -0.25) is 0 Å². The Morgan fingerprint density at radius 1 is 1.14 bits per heavy atom. The maximum Gasteiger partial charge on any atom is 0.126 e. The highest BCUT2D eigenvalue weighted by Gasteiger charge is 2.30. The van der Waals surface area contributed by atoms with Crippen LogP contribution in [0.2, 0.25) is 0 Å². The van der Waals surface area contributed by atoms with E-state index < -0.39 is 6.10 Å². The molecule has 0 aromatic heterocycles. The van der Waals surface area contributed by atoms with Gasteiger partial charge in [0.25, 0.3) is 0 Å². The van der Waals surface area contributed by atoms with Crippen molar-refractivity contribution in [2.24, 2.45) is 5.73 Å². The lowest BCUT2D eigenvalue weighted by Crippen LogP contribution is -2.29. The minimum atomic E-state index is -0.704. The Balaban J connectivity index is 1.93. The van der Waals surface area contributed by atoms with Crippen LogP contribution in [0.4, 0.5) is 0 Å². The summed E-state index contributed by atoms with van der Waals surface area (Å²) in [6.07, 6.45) is -0.323. The predicted molar refractivity (Wildman–Crippen MR) is 80.4 cm³/mol. The summed E-state index contributed by atoms with van der Waals surface area (Å²) in [5.41, 5.74) is 7.90. The van der Waals surface area contributed by atoms with Crippen LogP contribution in [0, 0.1) is 0 Å². The molecule has 3 unspecified atom stereocenters. The van der Waals surface area contributed by atoms with Crippen LogP contribution in [0.5, 0.6) is 11.5 Å². The molecule has 21 heavy (non-hydrogen) atoms. The summed E-state index contributed by atoms with van der Waals surface area (Å²) in [6.45, 7) is 0. The van der Waals surface area contributed by atoms with Gasteiger partial charge in [0.05, 0.1) is 13.2 Å². The maximum absolute atomic E-state index is 10.3. The fourth-order valence-electron chi connectivity index (χ4n) is 2.66. The molecule has 3 atom stereocenters. The topological polar surface area (TPSA) is 64.7 Å². The average Bonchev–Trinajstić information content (AvgIpc) is 2.65. The highest BCUT2D eigenvalue weighted by Crippen LogP contribution is 2.38. The third-order valence-electron chi connectivity index (χ3n) is 3.89. The fraction of sp³-hybridized carbons (Fsp3) is 0.294. The molecule has 0 bridgehead atoms. The van der Waals surface area contributed by atoms with Gasteiger partial charge >= 0.3 is 0 Å². The molecule has 0 fully saturated rings. The number of rotatable bonds is 2. The van der Waals surface area contributed by atoms with Gasteiger partial charge in [-0.2, -0.15) is 0 Å². The smallest absolute Gasteiger partial charge is 0.126 e. The molecule has 0 amide bonds. The standard InChI is InChI=1S/C17H19NO3/c1-20-12-8-6-11(7-9-12)16-10-14(18)17(19)13-4-2-3-5-15(13)21-16/h2-9,14,16-17,19H,10,18H2,1H3. The van der Waals surface area contributed by atoms with E-state index in [4.69, 9.17) is 15.2 Å². The Morgan fingerprint density at radius 3 is 2.57 bits per heavy atom. The van der Waals surface area contributed by atoms with Crippen LogP contribution in [0.3, 0.4) is 0 Å². The van der Waals surface area contributed by atoms with Crippen LogP contribution in [0.1, 0.15) is 29.8 Å². The van der Waals surface area contributed by atoms with Crippen LogP contribution in [0.25, 0.3) is 0 Å². The van der Waals surface area contributed by atoms with Gasteiger partial charge in [-0.15, -0.1) is 0 Å². The molecule has 0 radical (unpaired) electrons. The Kier molecular flexibility index (Phi) is 3.82. The number of methoxy groups -OCH3 is 1. The van der Waals surface area contributed by atoms with Gasteiger partial charge in [-0.25, -0.2) is 0 Å². The van der Waals surface area contributed by atoms with E-state index in [1.165, 1.54) is 0 Å². The third kappa shape index (κ3) is 2.73. The van der Waals surface area contributed by atoms with Crippen molar-refractivity contribution >= 4 is 0 Å². The molecule has 0 spiro atoms. The normalized spacial score (nSPS) is 24.6. The summed E-state index contributed by atoms with van der Waals surface area (Å²) >= 11 is 0. The van der Waals surface area contributed by atoms with Crippen molar-refractivity contribution < 1.29 is 14.6 Å². The molecule has 1 aliphatic heterocycles. The number of nitrogens with two attached hydrogens (primary N) is 1. The number of aliphatic hydroxyl groups is 1. The molecule has 0 saturated heterocycles. The SMILES string of the molecule is COc1ccc(C2CC(N)C(O)c3ccccc3O2)cc1. The zero-order chi connectivity index (χ0) is 14.8. The van der Waals surface area contributed by atoms with Gasteiger partial charge in [-0.05, 0) is 23.8 Å². The van der Waals surface area contributed by atoms with Gasteiger partial charge in [0, 0.05) is 18.0 Å².